The highest BCUT2D eigenvalue weighted by molar-refractivity contribution is 5.36. The molecule has 6 heteroatoms. The molecule has 20 heavy (non-hydrogen) atoms. The molecule has 112 valence electrons. The number of hydrogen-bond acceptors (Lipinski definition) is 4. The van der Waals surface area contributed by atoms with Gasteiger partial charge in [0.1, 0.15) is 0 Å². The van der Waals surface area contributed by atoms with Crippen LogP contribution < -0.4 is 5.32 Å². The highest BCUT2D eigenvalue weighted by atomic mass is 19.1. The van der Waals surface area contributed by atoms with Crippen LogP contribution in [0, 0.1) is 21.3 Å². The van der Waals surface area contributed by atoms with Gasteiger partial charge < -0.3 is 10.2 Å². The lowest BCUT2D eigenvalue weighted by Crippen LogP contribution is -2.37. The summed E-state index contributed by atoms with van der Waals surface area (Å²) >= 11 is 0. The molecule has 1 aromatic carbocycles. The van der Waals surface area contributed by atoms with E-state index in [0.717, 1.165) is 6.54 Å². The number of nitro groups is 1. The van der Waals surface area contributed by atoms with Crippen molar-refractivity contribution in [2.24, 2.45) is 5.41 Å². The molecule has 0 radical (unpaired) electrons. The number of hydrogen-bond donors (Lipinski definition) is 1. The Bertz CT molecular complexity index is 475. The third-order valence-corrected chi connectivity index (χ3v) is 2.92. The van der Waals surface area contributed by atoms with Crippen LogP contribution in [0.3, 0.4) is 0 Å². The fourth-order valence-electron chi connectivity index (χ4n) is 2.29. The van der Waals surface area contributed by atoms with Crippen molar-refractivity contribution in [2.75, 3.05) is 27.2 Å². The second-order valence-corrected chi connectivity index (χ2v) is 6.01. The predicted octanol–water partition coefficient (Wildman–Crippen LogP) is 2.41. The molecule has 0 saturated carbocycles. The van der Waals surface area contributed by atoms with Gasteiger partial charge >= 0.3 is 5.69 Å². The van der Waals surface area contributed by atoms with Crippen molar-refractivity contribution >= 4 is 5.69 Å². The van der Waals surface area contributed by atoms with E-state index in [1.54, 1.807) is 6.07 Å². The molecule has 0 spiro atoms. The van der Waals surface area contributed by atoms with Crippen LogP contribution in [-0.2, 0) is 6.54 Å². The highest BCUT2D eigenvalue weighted by Gasteiger charge is 2.20. The van der Waals surface area contributed by atoms with Crippen molar-refractivity contribution < 1.29 is 9.31 Å². The molecule has 0 unspecified atom stereocenters. The van der Waals surface area contributed by atoms with E-state index in [9.17, 15) is 14.5 Å². The quantitative estimate of drug-likeness (QED) is 0.616. The highest BCUT2D eigenvalue weighted by Crippen LogP contribution is 2.20. The van der Waals surface area contributed by atoms with Gasteiger partial charge in [-0.25, -0.2) is 0 Å². The Morgan fingerprint density at radius 1 is 1.40 bits per heavy atom. The summed E-state index contributed by atoms with van der Waals surface area (Å²) in [5, 5.41) is 13.8. The lowest BCUT2D eigenvalue weighted by atomic mass is 9.93. The number of halogens is 1. The van der Waals surface area contributed by atoms with E-state index in [1.807, 2.05) is 14.1 Å². The minimum absolute atomic E-state index is 0.0424. The monoisotopic (exact) mass is 283 g/mol. The van der Waals surface area contributed by atoms with Crippen molar-refractivity contribution in [1.29, 1.82) is 0 Å². The zero-order chi connectivity index (χ0) is 15.3. The molecule has 5 nitrogen and oxygen atoms in total. The standard InChI is InChI=1S/C14H22FN3O2/c1-14(2,10-17(3)4)9-16-8-11-6-5-7-12(13(11)15)18(19)20/h5-7,16H,8-10H2,1-4H3. The van der Waals surface area contributed by atoms with Crippen LogP contribution in [0.5, 0.6) is 0 Å². The third kappa shape index (κ3) is 4.86. The maximum Gasteiger partial charge on any atom is 0.305 e. The van der Waals surface area contributed by atoms with E-state index in [1.165, 1.54) is 12.1 Å². The first-order chi connectivity index (χ1) is 9.23. The van der Waals surface area contributed by atoms with Crippen molar-refractivity contribution in [3.05, 3.63) is 39.7 Å². The molecule has 1 N–H and O–H groups in total. The second-order valence-electron chi connectivity index (χ2n) is 6.01. The molecule has 0 bridgehead atoms. The molecule has 0 saturated heterocycles. The molecule has 0 fully saturated rings. The lowest BCUT2D eigenvalue weighted by molar-refractivity contribution is -0.387. The molecule has 0 aliphatic rings. The Morgan fingerprint density at radius 3 is 2.60 bits per heavy atom. The summed E-state index contributed by atoms with van der Waals surface area (Å²) in [7, 11) is 4.00. The molecule has 0 atom stereocenters. The fourth-order valence-corrected chi connectivity index (χ4v) is 2.29. The van der Waals surface area contributed by atoms with E-state index in [-0.39, 0.29) is 12.0 Å². The van der Waals surface area contributed by atoms with Crippen LogP contribution in [0.15, 0.2) is 18.2 Å². The van der Waals surface area contributed by atoms with Crippen LogP contribution in [0.1, 0.15) is 19.4 Å². The van der Waals surface area contributed by atoms with Crippen LogP contribution >= 0.6 is 0 Å². The van der Waals surface area contributed by atoms with E-state index >= 15 is 0 Å². The summed E-state index contributed by atoms with van der Waals surface area (Å²) in [6.45, 7) is 6.11. The van der Waals surface area contributed by atoms with Crippen LogP contribution in [0.2, 0.25) is 0 Å². The van der Waals surface area contributed by atoms with Gasteiger partial charge in [-0.1, -0.05) is 26.0 Å². The molecule has 0 heterocycles. The van der Waals surface area contributed by atoms with Gasteiger partial charge in [0.2, 0.25) is 5.82 Å². The van der Waals surface area contributed by atoms with Gasteiger partial charge in [0.05, 0.1) is 4.92 Å². The van der Waals surface area contributed by atoms with Crippen molar-refractivity contribution in [3.63, 3.8) is 0 Å². The first-order valence-electron chi connectivity index (χ1n) is 6.50. The smallest absolute Gasteiger partial charge is 0.305 e. The molecule has 0 amide bonds. The number of rotatable bonds is 7. The molecule has 0 aromatic heterocycles. The first-order valence-corrected chi connectivity index (χ1v) is 6.50. The minimum Gasteiger partial charge on any atom is -0.312 e. The Morgan fingerprint density at radius 2 is 2.05 bits per heavy atom. The summed E-state index contributed by atoms with van der Waals surface area (Å²) in [6.07, 6.45) is 0. The Labute approximate surface area is 118 Å². The zero-order valence-corrected chi connectivity index (χ0v) is 12.4. The predicted molar refractivity (Wildman–Crippen MR) is 77.1 cm³/mol. The van der Waals surface area contributed by atoms with Crippen LogP contribution in [0.25, 0.3) is 0 Å². The average molecular weight is 283 g/mol. The third-order valence-electron chi connectivity index (χ3n) is 2.92. The van der Waals surface area contributed by atoms with Crippen LogP contribution in [0.4, 0.5) is 10.1 Å². The number of benzene rings is 1. The van der Waals surface area contributed by atoms with Crippen molar-refractivity contribution in [3.8, 4) is 0 Å². The van der Waals surface area contributed by atoms with Crippen molar-refractivity contribution in [2.45, 2.75) is 20.4 Å². The van der Waals surface area contributed by atoms with Gasteiger partial charge in [0.15, 0.2) is 0 Å². The van der Waals surface area contributed by atoms with Gasteiger partial charge in [-0.2, -0.15) is 4.39 Å². The lowest BCUT2D eigenvalue weighted by Gasteiger charge is -2.28. The molecule has 1 rings (SSSR count). The van der Waals surface area contributed by atoms with E-state index in [2.05, 4.69) is 24.1 Å². The summed E-state index contributed by atoms with van der Waals surface area (Å²) < 4.78 is 13.9. The zero-order valence-electron chi connectivity index (χ0n) is 12.4. The Balaban J connectivity index is 2.63. The molecular formula is C14H22FN3O2. The molecule has 1 aromatic rings. The molecule has 0 aliphatic carbocycles. The average Bonchev–Trinajstić information content (AvgIpc) is 2.29. The second kappa shape index (κ2) is 6.76. The van der Waals surface area contributed by atoms with Gasteiger partial charge in [-0.3, -0.25) is 10.1 Å². The van der Waals surface area contributed by atoms with Gasteiger partial charge in [0, 0.05) is 31.3 Å². The molecular weight excluding hydrogens is 261 g/mol. The summed E-state index contributed by atoms with van der Waals surface area (Å²) in [6, 6.07) is 4.24. The normalized spacial score (nSPS) is 11.9. The van der Waals surface area contributed by atoms with E-state index in [4.69, 9.17) is 0 Å². The van der Waals surface area contributed by atoms with Crippen LogP contribution in [-0.4, -0.2) is 37.0 Å². The maximum atomic E-state index is 13.9. The minimum atomic E-state index is -0.754. The first kappa shape index (κ1) is 16.5. The van der Waals surface area contributed by atoms with E-state index in [0.29, 0.717) is 12.1 Å². The Hall–Kier alpha value is -1.53. The van der Waals surface area contributed by atoms with Crippen molar-refractivity contribution in [1.82, 2.24) is 10.2 Å². The van der Waals surface area contributed by atoms with Gasteiger partial charge in [-0.15, -0.1) is 0 Å². The number of nitrogens with zero attached hydrogens (tertiary/aromatic N) is 2. The summed E-state index contributed by atoms with van der Waals surface area (Å²) in [4.78, 5) is 12.1. The summed E-state index contributed by atoms with van der Waals surface area (Å²) in [5.41, 5.74) is -0.113. The number of nitrogens with one attached hydrogen (secondary N) is 1. The topological polar surface area (TPSA) is 58.4 Å². The fraction of sp³-hybridized carbons (Fsp3) is 0.571. The van der Waals surface area contributed by atoms with Gasteiger partial charge in [0.25, 0.3) is 0 Å². The largest absolute Gasteiger partial charge is 0.312 e. The summed E-state index contributed by atoms with van der Waals surface area (Å²) in [5.74, 6) is -0.754. The van der Waals surface area contributed by atoms with E-state index < -0.39 is 16.4 Å². The molecule has 0 aliphatic heterocycles. The van der Waals surface area contributed by atoms with Gasteiger partial charge in [-0.05, 0) is 19.5 Å². The SMILES string of the molecule is CN(C)CC(C)(C)CNCc1cccc([N+](=O)[O-])c1F. The maximum absolute atomic E-state index is 13.9. The number of nitro benzene ring substituents is 1. The Kier molecular flexibility index (Phi) is 5.59.